The number of carbonyl (C=O) groups excluding carboxylic acids is 2. The molecular formula is C26H34N2O3. The largest absolute Gasteiger partial charge is 0.493 e. The summed E-state index contributed by atoms with van der Waals surface area (Å²) >= 11 is 0. The Morgan fingerprint density at radius 2 is 1.65 bits per heavy atom. The number of unbranched alkanes of at least 4 members (excludes halogenated alkanes) is 3. The zero-order chi connectivity index (χ0) is 22.1. The molecule has 1 aliphatic rings. The Hall–Kier alpha value is -2.82. The molecular weight excluding hydrogens is 388 g/mol. The van der Waals surface area contributed by atoms with Gasteiger partial charge in [-0.3, -0.25) is 9.59 Å². The summed E-state index contributed by atoms with van der Waals surface area (Å²) < 4.78 is 5.89. The number of benzene rings is 2. The lowest BCUT2D eigenvalue weighted by molar-refractivity contribution is 0.0698. The van der Waals surface area contributed by atoms with Crippen molar-refractivity contribution in [3.63, 3.8) is 0 Å². The molecule has 1 aliphatic heterocycles. The Morgan fingerprint density at radius 3 is 2.39 bits per heavy atom. The van der Waals surface area contributed by atoms with Gasteiger partial charge in [0.25, 0.3) is 11.8 Å². The maximum absolute atomic E-state index is 13.1. The van der Waals surface area contributed by atoms with E-state index in [-0.39, 0.29) is 11.8 Å². The van der Waals surface area contributed by atoms with Crippen LogP contribution in [0.5, 0.6) is 5.75 Å². The highest BCUT2D eigenvalue weighted by molar-refractivity contribution is 6.10. The highest BCUT2D eigenvalue weighted by Crippen LogP contribution is 2.24. The molecule has 3 rings (SSSR count). The summed E-state index contributed by atoms with van der Waals surface area (Å²) in [5.41, 5.74) is 1.55. The van der Waals surface area contributed by atoms with E-state index in [1.54, 1.807) is 18.2 Å². The van der Waals surface area contributed by atoms with Crippen LogP contribution in [0.4, 0.5) is 5.69 Å². The predicted octanol–water partition coefficient (Wildman–Crippen LogP) is 5.77. The van der Waals surface area contributed by atoms with Gasteiger partial charge in [-0.15, -0.1) is 0 Å². The molecule has 0 bridgehead atoms. The Labute approximate surface area is 185 Å². The number of likely N-dealkylation sites (tertiary alicyclic amines) is 1. The number of para-hydroxylation sites is 2. The third kappa shape index (κ3) is 6.33. The van der Waals surface area contributed by atoms with Gasteiger partial charge in [-0.2, -0.15) is 0 Å². The normalized spacial score (nSPS) is 14.3. The molecule has 166 valence electrons. The first-order valence-electron chi connectivity index (χ1n) is 11.5. The average Bonchev–Trinajstić information content (AvgIpc) is 2.79. The molecule has 2 aromatic rings. The number of anilines is 1. The summed E-state index contributed by atoms with van der Waals surface area (Å²) in [6, 6.07) is 14.5. The van der Waals surface area contributed by atoms with Crippen LogP contribution in [0.3, 0.4) is 0 Å². The second-order valence-corrected chi connectivity index (χ2v) is 8.38. The number of nitrogens with zero attached hydrogens (tertiary/aromatic N) is 1. The lowest BCUT2D eigenvalue weighted by atomic mass is 9.98. The van der Waals surface area contributed by atoms with Crippen LogP contribution < -0.4 is 10.1 Å². The van der Waals surface area contributed by atoms with Crippen LogP contribution in [0.25, 0.3) is 0 Å². The number of hydrogen-bond donors (Lipinski definition) is 1. The SMILES string of the molecule is CCCCCCOc1ccccc1C(=O)Nc1ccccc1C(=O)N1CCC(C)CC1. The number of amides is 2. The number of nitrogens with one attached hydrogen (secondary N) is 1. The van der Waals surface area contributed by atoms with Crippen LogP contribution in [0.15, 0.2) is 48.5 Å². The van der Waals surface area contributed by atoms with Crippen LogP contribution in [-0.4, -0.2) is 36.4 Å². The number of piperidine rings is 1. The molecule has 0 aromatic heterocycles. The minimum absolute atomic E-state index is 0.0248. The fourth-order valence-corrected chi connectivity index (χ4v) is 3.84. The average molecular weight is 423 g/mol. The van der Waals surface area contributed by atoms with Crippen molar-refractivity contribution in [2.75, 3.05) is 25.0 Å². The second-order valence-electron chi connectivity index (χ2n) is 8.38. The van der Waals surface area contributed by atoms with Gasteiger partial charge in [-0.25, -0.2) is 0 Å². The third-order valence-electron chi connectivity index (χ3n) is 5.86. The molecule has 0 aliphatic carbocycles. The Balaban J connectivity index is 1.69. The Morgan fingerprint density at radius 1 is 0.968 bits per heavy atom. The standard InChI is InChI=1S/C26H34N2O3/c1-3-4-5-10-19-31-24-14-9-7-12-22(24)25(29)27-23-13-8-6-11-21(23)26(30)28-17-15-20(2)16-18-28/h6-9,11-14,20H,3-5,10,15-19H2,1-2H3,(H,27,29). The number of ether oxygens (including phenoxy) is 1. The fraction of sp³-hybridized carbons (Fsp3) is 0.462. The van der Waals surface area contributed by atoms with E-state index in [4.69, 9.17) is 4.74 Å². The highest BCUT2D eigenvalue weighted by Gasteiger charge is 2.24. The van der Waals surface area contributed by atoms with Gasteiger partial charge in [-0.1, -0.05) is 57.4 Å². The van der Waals surface area contributed by atoms with Gasteiger partial charge < -0.3 is 15.0 Å². The van der Waals surface area contributed by atoms with Crippen molar-refractivity contribution in [1.82, 2.24) is 4.90 Å². The summed E-state index contributed by atoms with van der Waals surface area (Å²) in [6.45, 7) is 6.51. The third-order valence-corrected chi connectivity index (χ3v) is 5.86. The molecule has 0 spiro atoms. The van der Waals surface area contributed by atoms with Crippen molar-refractivity contribution in [2.24, 2.45) is 5.92 Å². The topological polar surface area (TPSA) is 58.6 Å². The van der Waals surface area contributed by atoms with Crippen LogP contribution in [0.1, 0.15) is 73.1 Å². The molecule has 1 fully saturated rings. The lowest BCUT2D eigenvalue weighted by Gasteiger charge is -2.30. The highest BCUT2D eigenvalue weighted by atomic mass is 16.5. The van der Waals surface area contributed by atoms with Gasteiger partial charge in [0, 0.05) is 13.1 Å². The maximum Gasteiger partial charge on any atom is 0.259 e. The number of hydrogen-bond acceptors (Lipinski definition) is 3. The first-order chi connectivity index (χ1) is 15.1. The number of rotatable bonds is 9. The predicted molar refractivity (Wildman–Crippen MR) is 125 cm³/mol. The quantitative estimate of drug-likeness (QED) is 0.522. The van der Waals surface area contributed by atoms with E-state index >= 15 is 0 Å². The Bertz CT molecular complexity index is 872. The zero-order valence-corrected chi connectivity index (χ0v) is 18.7. The smallest absolute Gasteiger partial charge is 0.259 e. The van der Waals surface area contributed by atoms with Crippen LogP contribution in [0, 0.1) is 5.92 Å². The molecule has 0 atom stereocenters. The van der Waals surface area contributed by atoms with Crippen molar-refractivity contribution < 1.29 is 14.3 Å². The molecule has 1 N–H and O–H groups in total. The summed E-state index contributed by atoms with van der Waals surface area (Å²) in [4.78, 5) is 28.0. The summed E-state index contributed by atoms with van der Waals surface area (Å²) in [6.07, 6.45) is 6.48. The minimum Gasteiger partial charge on any atom is -0.493 e. The van der Waals surface area contributed by atoms with Gasteiger partial charge in [0.05, 0.1) is 23.4 Å². The van der Waals surface area contributed by atoms with Crippen LogP contribution in [0.2, 0.25) is 0 Å². The molecule has 1 heterocycles. The van der Waals surface area contributed by atoms with Crippen molar-refractivity contribution >= 4 is 17.5 Å². The van der Waals surface area contributed by atoms with Gasteiger partial charge in [-0.05, 0) is 49.4 Å². The molecule has 0 radical (unpaired) electrons. The number of carbonyl (C=O) groups is 2. The van der Waals surface area contributed by atoms with E-state index in [0.717, 1.165) is 38.8 Å². The van der Waals surface area contributed by atoms with Crippen molar-refractivity contribution in [2.45, 2.75) is 52.4 Å². The molecule has 2 aromatic carbocycles. The zero-order valence-electron chi connectivity index (χ0n) is 18.7. The van der Waals surface area contributed by atoms with E-state index in [1.807, 2.05) is 35.2 Å². The van der Waals surface area contributed by atoms with E-state index in [2.05, 4.69) is 19.2 Å². The Kier molecular flexibility index (Phi) is 8.51. The van der Waals surface area contributed by atoms with Crippen LogP contribution in [-0.2, 0) is 0 Å². The van der Waals surface area contributed by atoms with Gasteiger partial charge in [0.1, 0.15) is 5.75 Å². The second kappa shape index (κ2) is 11.5. The first kappa shape index (κ1) is 22.9. The first-order valence-corrected chi connectivity index (χ1v) is 11.5. The van der Waals surface area contributed by atoms with Crippen LogP contribution >= 0.6 is 0 Å². The van der Waals surface area contributed by atoms with Gasteiger partial charge in [0.2, 0.25) is 0 Å². The lowest BCUT2D eigenvalue weighted by Crippen LogP contribution is -2.38. The molecule has 0 unspecified atom stereocenters. The molecule has 2 amide bonds. The van der Waals surface area contributed by atoms with Gasteiger partial charge >= 0.3 is 0 Å². The van der Waals surface area contributed by atoms with Gasteiger partial charge in [0.15, 0.2) is 0 Å². The molecule has 0 saturated carbocycles. The maximum atomic E-state index is 13.1. The van der Waals surface area contributed by atoms with E-state index < -0.39 is 0 Å². The van der Waals surface area contributed by atoms with E-state index in [0.29, 0.717) is 35.1 Å². The summed E-state index contributed by atoms with van der Waals surface area (Å²) in [7, 11) is 0. The summed E-state index contributed by atoms with van der Waals surface area (Å²) in [5, 5.41) is 2.94. The molecule has 5 heteroatoms. The monoisotopic (exact) mass is 422 g/mol. The van der Waals surface area contributed by atoms with E-state index in [9.17, 15) is 9.59 Å². The van der Waals surface area contributed by atoms with E-state index in [1.165, 1.54) is 12.8 Å². The summed E-state index contributed by atoms with van der Waals surface area (Å²) in [5.74, 6) is 0.933. The van der Waals surface area contributed by atoms with Crippen molar-refractivity contribution in [3.05, 3.63) is 59.7 Å². The molecule has 1 saturated heterocycles. The van der Waals surface area contributed by atoms with Crippen molar-refractivity contribution in [1.29, 1.82) is 0 Å². The molecule has 31 heavy (non-hydrogen) atoms. The minimum atomic E-state index is -0.267. The molecule has 5 nitrogen and oxygen atoms in total. The fourth-order valence-electron chi connectivity index (χ4n) is 3.84. The van der Waals surface area contributed by atoms with Crippen molar-refractivity contribution in [3.8, 4) is 5.75 Å².